The van der Waals surface area contributed by atoms with Gasteiger partial charge in [-0.2, -0.15) is 5.10 Å². The Hall–Kier alpha value is -4.19. The predicted molar refractivity (Wildman–Crippen MR) is 112 cm³/mol. The number of phenols is 2. The lowest BCUT2D eigenvalue weighted by molar-refractivity contribution is 0.0956. The van der Waals surface area contributed by atoms with Gasteiger partial charge in [0.15, 0.2) is 11.5 Å². The topological polar surface area (TPSA) is 94.8 Å². The van der Waals surface area contributed by atoms with Gasteiger partial charge in [-0.15, -0.1) is 0 Å². The number of rotatable bonds is 4. The van der Waals surface area contributed by atoms with E-state index < -0.39 is 0 Å². The fourth-order valence-electron chi connectivity index (χ4n) is 2.97. The van der Waals surface area contributed by atoms with E-state index >= 15 is 0 Å². The number of nitrogens with zero attached hydrogens (tertiary/aromatic N) is 2. The van der Waals surface area contributed by atoms with Gasteiger partial charge in [-0.3, -0.25) is 4.79 Å². The Labute approximate surface area is 166 Å². The van der Waals surface area contributed by atoms with E-state index in [1.54, 1.807) is 12.1 Å². The van der Waals surface area contributed by atoms with Crippen LogP contribution in [0.1, 0.15) is 15.9 Å². The summed E-state index contributed by atoms with van der Waals surface area (Å²) in [5, 5.41) is 23.6. The van der Waals surface area contributed by atoms with Gasteiger partial charge < -0.3 is 10.2 Å². The van der Waals surface area contributed by atoms with Crippen molar-refractivity contribution in [1.29, 1.82) is 0 Å². The van der Waals surface area contributed by atoms with Crippen LogP contribution in [0.2, 0.25) is 0 Å². The highest BCUT2D eigenvalue weighted by atomic mass is 16.3. The molecule has 1 aromatic heterocycles. The van der Waals surface area contributed by atoms with Gasteiger partial charge in [-0.05, 0) is 35.9 Å². The van der Waals surface area contributed by atoms with E-state index in [1.165, 1.54) is 18.3 Å². The first-order chi connectivity index (χ1) is 14.1. The first kappa shape index (κ1) is 18.2. The van der Waals surface area contributed by atoms with Crippen LogP contribution in [-0.4, -0.2) is 27.3 Å². The molecular weight excluding hydrogens is 366 g/mol. The van der Waals surface area contributed by atoms with Crippen LogP contribution in [-0.2, 0) is 0 Å². The molecule has 6 heteroatoms. The largest absolute Gasteiger partial charge is 0.504 e. The summed E-state index contributed by atoms with van der Waals surface area (Å²) < 4.78 is 0. The van der Waals surface area contributed by atoms with Crippen molar-refractivity contribution in [2.24, 2.45) is 5.10 Å². The van der Waals surface area contributed by atoms with Gasteiger partial charge in [-0.25, -0.2) is 10.4 Å². The van der Waals surface area contributed by atoms with Gasteiger partial charge in [0, 0.05) is 10.9 Å². The zero-order valence-corrected chi connectivity index (χ0v) is 15.3. The van der Waals surface area contributed by atoms with Crippen molar-refractivity contribution in [2.75, 3.05) is 0 Å². The van der Waals surface area contributed by atoms with Crippen LogP contribution in [0.4, 0.5) is 0 Å². The highest BCUT2D eigenvalue weighted by Crippen LogP contribution is 2.25. The van der Waals surface area contributed by atoms with E-state index in [9.17, 15) is 15.0 Å². The molecule has 0 aliphatic rings. The summed E-state index contributed by atoms with van der Waals surface area (Å²) in [5.41, 5.74) is 5.82. The number of benzene rings is 3. The first-order valence-corrected chi connectivity index (χ1v) is 8.92. The van der Waals surface area contributed by atoms with Crippen LogP contribution in [0.3, 0.4) is 0 Å². The molecule has 0 aliphatic carbocycles. The van der Waals surface area contributed by atoms with E-state index in [4.69, 9.17) is 0 Å². The summed E-state index contributed by atoms with van der Waals surface area (Å²) in [7, 11) is 0. The van der Waals surface area contributed by atoms with Crippen LogP contribution in [0.25, 0.3) is 22.2 Å². The minimum Gasteiger partial charge on any atom is -0.504 e. The third-order valence-corrected chi connectivity index (χ3v) is 4.41. The Balaban J connectivity index is 1.66. The Morgan fingerprint density at radius 1 is 0.897 bits per heavy atom. The number of aromatic nitrogens is 1. The van der Waals surface area contributed by atoms with Gasteiger partial charge in [0.1, 0.15) is 0 Å². The quantitative estimate of drug-likeness (QED) is 0.281. The summed E-state index contributed by atoms with van der Waals surface area (Å²) in [5.74, 6) is -0.851. The molecule has 0 fully saturated rings. The molecule has 1 amide bonds. The van der Waals surface area contributed by atoms with E-state index in [1.807, 2.05) is 54.6 Å². The van der Waals surface area contributed by atoms with Crippen LogP contribution < -0.4 is 5.43 Å². The zero-order valence-electron chi connectivity index (χ0n) is 15.3. The fraction of sp³-hybridized carbons (Fsp3) is 0. The Morgan fingerprint density at radius 2 is 1.66 bits per heavy atom. The lowest BCUT2D eigenvalue weighted by Crippen LogP contribution is -2.18. The molecule has 0 unspecified atom stereocenters. The normalized spacial score (nSPS) is 11.0. The van der Waals surface area contributed by atoms with Crippen LogP contribution in [0.15, 0.2) is 84.0 Å². The maximum Gasteiger partial charge on any atom is 0.272 e. The average molecular weight is 383 g/mol. The molecule has 0 bridgehead atoms. The first-order valence-electron chi connectivity index (χ1n) is 8.92. The molecule has 3 N–H and O–H groups in total. The molecule has 29 heavy (non-hydrogen) atoms. The molecule has 4 aromatic rings. The number of hydrogen-bond acceptors (Lipinski definition) is 5. The maximum absolute atomic E-state index is 12.8. The molecule has 0 saturated carbocycles. The highest BCUT2D eigenvalue weighted by Gasteiger charge is 2.13. The van der Waals surface area contributed by atoms with Gasteiger partial charge in [-0.1, -0.05) is 48.5 Å². The number of phenolic OH excluding ortho intramolecular Hbond substituents is 2. The number of aromatic hydroxyl groups is 2. The highest BCUT2D eigenvalue weighted by molar-refractivity contribution is 6.07. The lowest BCUT2D eigenvalue weighted by Gasteiger charge is -2.09. The second-order valence-corrected chi connectivity index (χ2v) is 6.39. The van der Waals surface area contributed by atoms with Crippen molar-refractivity contribution in [3.8, 4) is 22.8 Å². The van der Waals surface area contributed by atoms with Gasteiger partial charge in [0.2, 0.25) is 0 Å². The van der Waals surface area contributed by atoms with Crippen LogP contribution >= 0.6 is 0 Å². The summed E-state index contributed by atoms with van der Waals surface area (Å²) in [6.45, 7) is 0. The Kier molecular flexibility index (Phi) is 4.90. The summed E-state index contributed by atoms with van der Waals surface area (Å²) in [4.78, 5) is 17.5. The summed E-state index contributed by atoms with van der Waals surface area (Å²) in [6, 6.07) is 23.1. The molecule has 6 nitrogen and oxygen atoms in total. The minimum atomic E-state index is -0.375. The molecule has 0 radical (unpaired) electrons. The second-order valence-electron chi connectivity index (χ2n) is 6.39. The third-order valence-electron chi connectivity index (χ3n) is 4.41. The van der Waals surface area contributed by atoms with Gasteiger partial charge in [0.25, 0.3) is 5.91 Å². The molecular formula is C23H17N3O3. The number of fused-ring (bicyclic) bond motifs is 1. The van der Waals surface area contributed by atoms with Gasteiger partial charge >= 0.3 is 0 Å². The van der Waals surface area contributed by atoms with E-state index in [2.05, 4.69) is 15.5 Å². The average Bonchev–Trinajstić information content (AvgIpc) is 2.76. The monoisotopic (exact) mass is 383 g/mol. The van der Waals surface area contributed by atoms with E-state index in [0.29, 0.717) is 22.3 Å². The van der Waals surface area contributed by atoms with Crippen molar-refractivity contribution >= 4 is 23.0 Å². The van der Waals surface area contributed by atoms with Crippen LogP contribution in [0.5, 0.6) is 11.5 Å². The number of amides is 1. The standard InChI is InChI=1S/C23H17N3O3/c27-21-11-10-15(12-22(21)28)14-24-26-23(29)18-13-20(16-6-2-1-3-7-16)25-19-9-5-4-8-17(18)19/h1-14,27-28H,(H,26,29). The predicted octanol–water partition coefficient (Wildman–Crippen LogP) is 4.08. The van der Waals surface area contributed by atoms with Crippen molar-refractivity contribution in [3.63, 3.8) is 0 Å². The number of carbonyl (C=O) groups is 1. The number of carbonyl (C=O) groups excluding carboxylic acids is 1. The van der Waals surface area contributed by atoms with Gasteiger partial charge in [0.05, 0.1) is 23.0 Å². The molecule has 142 valence electrons. The molecule has 0 atom stereocenters. The number of nitrogens with one attached hydrogen (secondary N) is 1. The zero-order chi connectivity index (χ0) is 20.2. The van der Waals surface area contributed by atoms with Crippen molar-refractivity contribution in [2.45, 2.75) is 0 Å². The molecule has 3 aromatic carbocycles. The minimum absolute atomic E-state index is 0.220. The number of hydrazone groups is 1. The number of para-hydroxylation sites is 1. The third kappa shape index (κ3) is 3.91. The second kappa shape index (κ2) is 7.82. The van der Waals surface area contributed by atoms with E-state index in [-0.39, 0.29) is 17.4 Å². The molecule has 0 aliphatic heterocycles. The molecule has 0 saturated heterocycles. The maximum atomic E-state index is 12.8. The SMILES string of the molecule is O=C(NN=Cc1ccc(O)c(O)c1)c1cc(-c2ccccc2)nc2ccccc12. The molecule has 4 rings (SSSR count). The number of hydrogen-bond donors (Lipinski definition) is 3. The summed E-state index contributed by atoms with van der Waals surface area (Å²) in [6.07, 6.45) is 1.39. The summed E-state index contributed by atoms with van der Waals surface area (Å²) >= 11 is 0. The van der Waals surface area contributed by atoms with Crippen LogP contribution in [0, 0.1) is 0 Å². The van der Waals surface area contributed by atoms with Crippen molar-refractivity contribution < 1.29 is 15.0 Å². The molecule has 1 heterocycles. The lowest BCUT2D eigenvalue weighted by atomic mass is 10.0. The number of pyridine rings is 1. The fourth-order valence-corrected chi connectivity index (χ4v) is 2.97. The Bertz CT molecular complexity index is 1220. The van der Waals surface area contributed by atoms with Crippen molar-refractivity contribution in [1.82, 2.24) is 10.4 Å². The smallest absolute Gasteiger partial charge is 0.272 e. The van der Waals surface area contributed by atoms with E-state index in [0.717, 1.165) is 10.9 Å². The van der Waals surface area contributed by atoms with Crippen molar-refractivity contribution in [3.05, 3.63) is 90.0 Å². The Morgan fingerprint density at radius 3 is 2.45 bits per heavy atom. The molecule has 0 spiro atoms.